The van der Waals surface area contributed by atoms with Crippen LogP contribution in [0.5, 0.6) is 0 Å². The van der Waals surface area contributed by atoms with E-state index in [-0.39, 0.29) is 11.9 Å². The zero-order chi connectivity index (χ0) is 13.0. The van der Waals surface area contributed by atoms with Gasteiger partial charge in [0.15, 0.2) is 0 Å². The number of carboxylic acids is 1. The molecule has 0 aliphatic heterocycles. The molecule has 0 bridgehead atoms. The molecule has 17 heavy (non-hydrogen) atoms. The van der Waals surface area contributed by atoms with Crippen molar-refractivity contribution >= 4 is 23.2 Å². The summed E-state index contributed by atoms with van der Waals surface area (Å²) in [7, 11) is 1.58. The molecule has 0 fully saturated rings. The number of carbonyl (C=O) groups excluding carboxylic acids is 1. The number of amides is 1. The molecule has 0 radical (unpaired) electrons. The summed E-state index contributed by atoms with van der Waals surface area (Å²) < 4.78 is 0. The highest BCUT2D eigenvalue weighted by Gasteiger charge is 2.13. The lowest BCUT2D eigenvalue weighted by atomic mass is 10.2. The summed E-state index contributed by atoms with van der Waals surface area (Å²) >= 11 is 1.25. The highest BCUT2D eigenvalue weighted by Crippen LogP contribution is 2.21. The fraction of sp³-hybridized carbons (Fsp3) is 0.455. The molecular formula is C11H16N2O3S. The first-order valence-electron chi connectivity index (χ1n) is 5.23. The van der Waals surface area contributed by atoms with Crippen molar-refractivity contribution in [3.8, 4) is 0 Å². The smallest absolute Gasteiger partial charge is 0.345 e. The molecule has 1 rings (SSSR count). The molecule has 0 saturated heterocycles. The quantitative estimate of drug-likeness (QED) is 0.734. The van der Waals surface area contributed by atoms with Gasteiger partial charge in [-0.3, -0.25) is 4.79 Å². The van der Waals surface area contributed by atoms with Crippen molar-refractivity contribution in [3.05, 3.63) is 21.4 Å². The molecule has 3 N–H and O–H groups in total. The molecule has 1 unspecified atom stereocenters. The van der Waals surface area contributed by atoms with Gasteiger partial charge in [0.2, 0.25) is 5.91 Å². The van der Waals surface area contributed by atoms with Gasteiger partial charge in [-0.05, 0) is 25.5 Å². The van der Waals surface area contributed by atoms with Gasteiger partial charge in [0.05, 0.1) is 6.04 Å². The van der Waals surface area contributed by atoms with Crippen LogP contribution in [0, 0.1) is 6.92 Å². The Morgan fingerprint density at radius 3 is 2.65 bits per heavy atom. The van der Waals surface area contributed by atoms with Crippen LogP contribution < -0.4 is 10.6 Å². The van der Waals surface area contributed by atoms with E-state index < -0.39 is 5.97 Å². The fourth-order valence-corrected chi connectivity index (χ4v) is 2.25. The molecule has 6 heteroatoms. The molecular weight excluding hydrogens is 240 g/mol. The minimum Gasteiger partial charge on any atom is -0.477 e. The van der Waals surface area contributed by atoms with E-state index in [2.05, 4.69) is 10.6 Å². The molecule has 1 atom stereocenters. The summed E-state index contributed by atoms with van der Waals surface area (Å²) in [6.07, 6.45) is 0. The van der Waals surface area contributed by atoms with E-state index >= 15 is 0 Å². The summed E-state index contributed by atoms with van der Waals surface area (Å²) in [6, 6.07) is 1.35. The van der Waals surface area contributed by atoms with Crippen molar-refractivity contribution in [2.75, 3.05) is 7.05 Å². The molecule has 1 amide bonds. The first kappa shape index (κ1) is 13.7. The molecule has 0 saturated carbocycles. The Kier molecular flexibility index (Phi) is 4.65. The van der Waals surface area contributed by atoms with Gasteiger partial charge in [0.1, 0.15) is 4.88 Å². The van der Waals surface area contributed by atoms with Gasteiger partial charge >= 0.3 is 5.97 Å². The van der Waals surface area contributed by atoms with E-state index in [4.69, 9.17) is 5.11 Å². The summed E-state index contributed by atoms with van der Waals surface area (Å²) in [6.45, 7) is 4.13. The Labute approximate surface area is 104 Å². The lowest BCUT2D eigenvalue weighted by molar-refractivity contribution is -0.122. The van der Waals surface area contributed by atoms with Crippen molar-refractivity contribution in [1.82, 2.24) is 10.6 Å². The molecule has 0 aromatic carbocycles. The third kappa shape index (κ3) is 3.54. The van der Waals surface area contributed by atoms with Crippen LogP contribution in [0.4, 0.5) is 0 Å². The normalized spacial score (nSPS) is 12.2. The maximum atomic E-state index is 11.3. The summed E-state index contributed by atoms with van der Waals surface area (Å²) in [5, 5.41) is 14.4. The second-order valence-electron chi connectivity index (χ2n) is 3.71. The maximum absolute atomic E-state index is 11.3. The second-order valence-corrected chi connectivity index (χ2v) is 4.97. The number of aromatic carboxylic acids is 1. The molecule has 0 aliphatic carbocycles. The number of hydrogen-bond donors (Lipinski definition) is 3. The topological polar surface area (TPSA) is 78.4 Å². The van der Waals surface area contributed by atoms with Crippen LogP contribution in [0.15, 0.2) is 6.07 Å². The maximum Gasteiger partial charge on any atom is 0.345 e. The van der Waals surface area contributed by atoms with Gasteiger partial charge < -0.3 is 15.7 Å². The molecule has 0 aliphatic rings. The van der Waals surface area contributed by atoms with Crippen molar-refractivity contribution in [2.24, 2.45) is 0 Å². The number of likely N-dealkylation sites (N-methyl/N-ethyl adjacent to an activating group) is 1. The van der Waals surface area contributed by atoms with Gasteiger partial charge in [-0.1, -0.05) is 0 Å². The Bertz CT molecular complexity index is 428. The predicted molar refractivity (Wildman–Crippen MR) is 66.4 cm³/mol. The fourth-order valence-electron chi connectivity index (χ4n) is 1.37. The van der Waals surface area contributed by atoms with E-state index in [1.807, 2.05) is 6.92 Å². The van der Waals surface area contributed by atoms with Gasteiger partial charge in [0.25, 0.3) is 0 Å². The van der Waals surface area contributed by atoms with Crippen molar-refractivity contribution < 1.29 is 14.7 Å². The number of nitrogens with one attached hydrogen (secondary N) is 2. The van der Waals surface area contributed by atoms with Crippen LogP contribution in [-0.4, -0.2) is 30.1 Å². The average Bonchev–Trinajstić information content (AvgIpc) is 2.66. The number of rotatable bonds is 5. The summed E-state index contributed by atoms with van der Waals surface area (Å²) in [5.74, 6) is -1.000. The molecule has 5 nitrogen and oxygen atoms in total. The van der Waals surface area contributed by atoms with E-state index in [1.165, 1.54) is 11.3 Å². The summed E-state index contributed by atoms with van der Waals surface area (Å²) in [5.41, 5.74) is 0.920. The lowest BCUT2D eigenvalue weighted by Gasteiger charge is -2.11. The van der Waals surface area contributed by atoms with Crippen LogP contribution in [0.1, 0.15) is 27.0 Å². The monoisotopic (exact) mass is 256 g/mol. The van der Waals surface area contributed by atoms with Crippen molar-refractivity contribution in [1.29, 1.82) is 0 Å². The number of aryl methyl sites for hydroxylation is 1. The first-order chi connectivity index (χ1) is 7.95. The van der Waals surface area contributed by atoms with Crippen LogP contribution in [0.3, 0.4) is 0 Å². The Hall–Kier alpha value is -1.40. The molecule has 1 aromatic heterocycles. The molecule has 1 aromatic rings. The second kappa shape index (κ2) is 5.79. The minimum absolute atomic E-state index is 0.0867. The third-order valence-corrected chi connectivity index (χ3v) is 3.55. The van der Waals surface area contributed by atoms with Crippen LogP contribution in [0.25, 0.3) is 0 Å². The van der Waals surface area contributed by atoms with Gasteiger partial charge in [-0.15, -0.1) is 11.3 Å². The van der Waals surface area contributed by atoms with Crippen LogP contribution in [0.2, 0.25) is 0 Å². The zero-order valence-electron chi connectivity index (χ0n) is 10.0. The van der Waals surface area contributed by atoms with Gasteiger partial charge in [-0.2, -0.15) is 0 Å². The van der Waals surface area contributed by atoms with Crippen LogP contribution in [-0.2, 0) is 11.3 Å². The van der Waals surface area contributed by atoms with E-state index in [0.29, 0.717) is 11.4 Å². The largest absolute Gasteiger partial charge is 0.477 e. The summed E-state index contributed by atoms with van der Waals surface area (Å²) in [4.78, 5) is 23.3. The van der Waals surface area contributed by atoms with Crippen molar-refractivity contribution in [3.63, 3.8) is 0 Å². The molecule has 1 heterocycles. The van der Waals surface area contributed by atoms with Gasteiger partial charge in [0, 0.05) is 18.5 Å². The Morgan fingerprint density at radius 2 is 2.18 bits per heavy atom. The van der Waals surface area contributed by atoms with Gasteiger partial charge in [-0.25, -0.2) is 4.79 Å². The first-order valence-corrected chi connectivity index (χ1v) is 6.05. The highest BCUT2D eigenvalue weighted by atomic mass is 32.1. The standard InChI is InChI=1S/C11H16N2O3S/c1-6(10(14)12-3)13-5-8-4-9(11(15)16)17-7(8)2/h4,6,13H,5H2,1-3H3,(H,12,14)(H,15,16). The Morgan fingerprint density at radius 1 is 1.53 bits per heavy atom. The van der Waals surface area contributed by atoms with E-state index in [1.54, 1.807) is 20.0 Å². The molecule has 94 valence electrons. The van der Waals surface area contributed by atoms with Crippen LogP contribution >= 0.6 is 11.3 Å². The third-order valence-electron chi connectivity index (χ3n) is 2.47. The molecule has 0 spiro atoms. The highest BCUT2D eigenvalue weighted by molar-refractivity contribution is 7.14. The zero-order valence-corrected chi connectivity index (χ0v) is 10.9. The number of hydrogen-bond acceptors (Lipinski definition) is 4. The number of thiophene rings is 1. The number of carbonyl (C=O) groups is 2. The van der Waals surface area contributed by atoms with Crippen molar-refractivity contribution in [2.45, 2.75) is 26.4 Å². The Balaban J connectivity index is 2.63. The average molecular weight is 256 g/mol. The number of carboxylic acid groups (broad SMARTS) is 1. The van der Waals surface area contributed by atoms with E-state index in [0.717, 1.165) is 10.4 Å². The van der Waals surface area contributed by atoms with E-state index in [9.17, 15) is 9.59 Å². The minimum atomic E-state index is -0.913. The lowest BCUT2D eigenvalue weighted by Crippen LogP contribution is -2.40. The predicted octanol–water partition coefficient (Wildman–Crippen LogP) is 0.979. The SMILES string of the molecule is CNC(=O)C(C)NCc1cc(C(=O)O)sc1C.